The summed E-state index contributed by atoms with van der Waals surface area (Å²) in [7, 11) is 1.57. The van der Waals surface area contributed by atoms with Crippen molar-refractivity contribution < 1.29 is 9.59 Å². The minimum absolute atomic E-state index is 0.0394. The summed E-state index contributed by atoms with van der Waals surface area (Å²) < 4.78 is 0. The zero-order valence-electron chi connectivity index (χ0n) is 10.2. The molecule has 5 heteroatoms. The fourth-order valence-electron chi connectivity index (χ4n) is 1.71. The predicted octanol–water partition coefficient (Wildman–Crippen LogP) is 0.975. The summed E-state index contributed by atoms with van der Waals surface area (Å²) in [5.74, 6) is -0.812. The third-order valence-electron chi connectivity index (χ3n) is 2.67. The number of carbonyl (C=O) groups is 2. The van der Waals surface area contributed by atoms with Crippen LogP contribution in [0.5, 0.6) is 0 Å². The molecule has 1 rings (SSSR count). The van der Waals surface area contributed by atoms with Gasteiger partial charge in [0.05, 0.1) is 18.5 Å². The van der Waals surface area contributed by atoms with Gasteiger partial charge in [0.15, 0.2) is 0 Å². The SMILES string of the molecule is CN(C(=O)CC#N)C(CC(N)=O)c1ccccc1. The van der Waals surface area contributed by atoms with Crippen molar-refractivity contribution in [2.75, 3.05) is 7.05 Å². The smallest absolute Gasteiger partial charge is 0.237 e. The lowest BCUT2D eigenvalue weighted by atomic mass is 10.0. The standard InChI is InChI=1S/C13H15N3O2/c1-16(13(18)7-8-14)11(9-12(15)17)10-5-3-2-4-6-10/h2-6,11H,7,9H2,1H3,(H2,15,17). The van der Waals surface area contributed by atoms with Crippen molar-refractivity contribution >= 4 is 11.8 Å². The van der Waals surface area contributed by atoms with Crippen LogP contribution < -0.4 is 5.73 Å². The van der Waals surface area contributed by atoms with E-state index in [9.17, 15) is 9.59 Å². The molecule has 0 spiro atoms. The molecule has 2 amide bonds. The third-order valence-corrected chi connectivity index (χ3v) is 2.67. The Hall–Kier alpha value is -2.35. The third kappa shape index (κ3) is 3.59. The lowest BCUT2D eigenvalue weighted by Crippen LogP contribution is -2.33. The molecule has 94 valence electrons. The van der Waals surface area contributed by atoms with Gasteiger partial charge in [0.1, 0.15) is 6.42 Å². The van der Waals surface area contributed by atoms with E-state index in [1.807, 2.05) is 30.3 Å². The molecule has 5 nitrogen and oxygen atoms in total. The Morgan fingerprint density at radius 2 is 2.00 bits per heavy atom. The maximum Gasteiger partial charge on any atom is 0.237 e. The highest BCUT2D eigenvalue weighted by molar-refractivity contribution is 5.80. The van der Waals surface area contributed by atoms with Gasteiger partial charge in [-0.3, -0.25) is 9.59 Å². The van der Waals surface area contributed by atoms with Crippen molar-refractivity contribution in [2.24, 2.45) is 5.73 Å². The van der Waals surface area contributed by atoms with E-state index in [4.69, 9.17) is 11.0 Å². The molecule has 1 aromatic rings. The molecule has 0 saturated heterocycles. The Labute approximate surface area is 106 Å². The molecular weight excluding hydrogens is 230 g/mol. The first-order valence-electron chi connectivity index (χ1n) is 5.52. The topological polar surface area (TPSA) is 87.2 Å². The monoisotopic (exact) mass is 245 g/mol. The summed E-state index contributed by atoms with van der Waals surface area (Å²) in [6, 6.07) is 10.5. The molecular formula is C13H15N3O2. The Morgan fingerprint density at radius 1 is 1.39 bits per heavy atom. The minimum atomic E-state index is -0.486. The van der Waals surface area contributed by atoms with E-state index in [-0.39, 0.29) is 18.7 Å². The second-order valence-corrected chi connectivity index (χ2v) is 3.94. The van der Waals surface area contributed by atoms with Gasteiger partial charge in [0, 0.05) is 7.05 Å². The quantitative estimate of drug-likeness (QED) is 0.838. The fourth-order valence-corrected chi connectivity index (χ4v) is 1.71. The van der Waals surface area contributed by atoms with E-state index in [2.05, 4.69) is 0 Å². The summed E-state index contributed by atoms with van der Waals surface area (Å²) >= 11 is 0. The largest absolute Gasteiger partial charge is 0.370 e. The molecule has 1 atom stereocenters. The number of benzene rings is 1. The molecule has 0 fully saturated rings. The molecule has 1 aromatic carbocycles. The Bertz CT molecular complexity index is 465. The maximum atomic E-state index is 11.7. The summed E-state index contributed by atoms with van der Waals surface area (Å²) in [5, 5.41) is 8.53. The number of nitriles is 1. The van der Waals surface area contributed by atoms with Gasteiger partial charge in [-0.15, -0.1) is 0 Å². The Morgan fingerprint density at radius 3 is 2.50 bits per heavy atom. The first kappa shape index (κ1) is 13.7. The lowest BCUT2D eigenvalue weighted by Gasteiger charge is -2.27. The van der Waals surface area contributed by atoms with Gasteiger partial charge >= 0.3 is 0 Å². The van der Waals surface area contributed by atoms with Gasteiger partial charge in [-0.1, -0.05) is 30.3 Å². The van der Waals surface area contributed by atoms with Crippen molar-refractivity contribution in [3.63, 3.8) is 0 Å². The zero-order valence-corrected chi connectivity index (χ0v) is 10.2. The normalized spacial score (nSPS) is 11.3. The van der Waals surface area contributed by atoms with E-state index in [0.29, 0.717) is 0 Å². The van der Waals surface area contributed by atoms with Crippen LogP contribution >= 0.6 is 0 Å². The van der Waals surface area contributed by atoms with Crippen molar-refractivity contribution in [3.05, 3.63) is 35.9 Å². The molecule has 0 radical (unpaired) electrons. The summed E-state index contributed by atoms with van der Waals surface area (Å²) in [5.41, 5.74) is 6.02. The molecule has 0 saturated carbocycles. The summed E-state index contributed by atoms with van der Waals surface area (Å²) in [6.07, 6.45) is -0.170. The number of amides is 2. The number of hydrogen-bond donors (Lipinski definition) is 1. The predicted molar refractivity (Wildman–Crippen MR) is 66.0 cm³/mol. The van der Waals surface area contributed by atoms with Gasteiger partial charge in [0.2, 0.25) is 11.8 Å². The Balaban J connectivity index is 2.95. The van der Waals surface area contributed by atoms with Crippen molar-refractivity contribution in [3.8, 4) is 6.07 Å². The number of nitrogens with two attached hydrogens (primary N) is 1. The number of carbonyl (C=O) groups excluding carboxylic acids is 2. The van der Waals surface area contributed by atoms with Crippen LogP contribution in [0.1, 0.15) is 24.4 Å². The second kappa shape index (κ2) is 6.40. The maximum absolute atomic E-state index is 11.7. The molecule has 0 heterocycles. The van der Waals surface area contributed by atoms with Gasteiger partial charge in [0.25, 0.3) is 0 Å². The first-order valence-corrected chi connectivity index (χ1v) is 5.52. The van der Waals surface area contributed by atoms with Crippen molar-refractivity contribution in [2.45, 2.75) is 18.9 Å². The summed E-state index contributed by atoms with van der Waals surface area (Å²) in [4.78, 5) is 24.2. The Kier molecular flexibility index (Phi) is 4.88. The second-order valence-electron chi connectivity index (χ2n) is 3.94. The van der Waals surface area contributed by atoms with E-state index in [0.717, 1.165) is 5.56 Å². The lowest BCUT2D eigenvalue weighted by molar-refractivity contribution is -0.132. The van der Waals surface area contributed by atoms with Gasteiger partial charge in [-0.2, -0.15) is 5.26 Å². The van der Waals surface area contributed by atoms with Crippen LogP contribution in [-0.2, 0) is 9.59 Å². The highest BCUT2D eigenvalue weighted by atomic mass is 16.2. The molecule has 0 bridgehead atoms. The van der Waals surface area contributed by atoms with Crippen LogP contribution in [0.2, 0.25) is 0 Å². The van der Waals surface area contributed by atoms with Crippen molar-refractivity contribution in [1.82, 2.24) is 4.90 Å². The van der Waals surface area contributed by atoms with Gasteiger partial charge in [-0.05, 0) is 5.56 Å². The van der Waals surface area contributed by atoms with Crippen LogP contribution in [-0.4, -0.2) is 23.8 Å². The number of rotatable bonds is 5. The van der Waals surface area contributed by atoms with E-state index in [1.54, 1.807) is 13.1 Å². The van der Waals surface area contributed by atoms with Crippen molar-refractivity contribution in [1.29, 1.82) is 5.26 Å². The van der Waals surface area contributed by atoms with E-state index < -0.39 is 11.9 Å². The van der Waals surface area contributed by atoms with Crippen LogP contribution in [0.4, 0.5) is 0 Å². The zero-order chi connectivity index (χ0) is 13.5. The number of hydrogen-bond acceptors (Lipinski definition) is 3. The van der Waals surface area contributed by atoms with Crippen LogP contribution in [0.25, 0.3) is 0 Å². The molecule has 18 heavy (non-hydrogen) atoms. The number of nitrogens with zero attached hydrogens (tertiary/aromatic N) is 2. The molecule has 0 aromatic heterocycles. The van der Waals surface area contributed by atoms with Crippen LogP contribution in [0, 0.1) is 11.3 Å². The highest BCUT2D eigenvalue weighted by Crippen LogP contribution is 2.23. The molecule has 0 aliphatic rings. The van der Waals surface area contributed by atoms with Crippen LogP contribution in [0.3, 0.4) is 0 Å². The highest BCUT2D eigenvalue weighted by Gasteiger charge is 2.22. The molecule has 0 aliphatic carbocycles. The minimum Gasteiger partial charge on any atom is -0.370 e. The van der Waals surface area contributed by atoms with E-state index in [1.165, 1.54) is 4.90 Å². The molecule has 2 N–H and O–H groups in total. The van der Waals surface area contributed by atoms with Gasteiger partial charge < -0.3 is 10.6 Å². The molecule has 1 unspecified atom stereocenters. The molecule has 0 aliphatic heterocycles. The van der Waals surface area contributed by atoms with Crippen LogP contribution in [0.15, 0.2) is 30.3 Å². The first-order chi connectivity index (χ1) is 8.56. The van der Waals surface area contributed by atoms with E-state index >= 15 is 0 Å². The fraction of sp³-hybridized carbons (Fsp3) is 0.308. The average molecular weight is 245 g/mol. The van der Waals surface area contributed by atoms with Gasteiger partial charge in [-0.25, -0.2) is 0 Å². The number of primary amides is 1. The average Bonchev–Trinajstić information content (AvgIpc) is 2.36. The summed E-state index contributed by atoms with van der Waals surface area (Å²) in [6.45, 7) is 0.